The van der Waals surface area contributed by atoms with E-state index in [4.69, 9.17) is 11.6 Å². The molecule has 1 fully saturated rings. The quantitative estimate of drug-likeness (QED) is 0.846. The van der Waals surface area contributed by atoms with Gasteiger partial charge >= 0.3 is 0 Å². The summed E-state index contributed by atoms with van der Waals surface area (Å²) in [6, 6.07) is 7.30. The highest BCUT2D eigenvalue weighted by atomic mass is 35.5. The predicted molar refractivity (Wildman–Crippen MR) is 91.4 cm³/mol. The molecular formula is C16H19ClN2O3S. The summed E-state index contributed by atoms with van der Waals surface area (Å²) in [6.45, 7) is 2.58. The highest BCUT2D eigenvalue weighted by Gasteiger charge is 2.33. The van der Waals surface area contributed by atoms with E-state index in [2.05, 4.69) is 0 Å². The number of sulfone groups is 1. The fourth-order valence-corrected chi connectivity index (χ4v) is 5.09. The third-order valence-electron chi connectivity index (χ3n) is 4.35. The van der Waals surface area contributed by atoms with Crippen molar-refractivity contribution in [1.82, 2.24) is 9.47 Å². The lowest BCUT2D eigenvalue weighted by atomic mass is 10.2. The van der Waals surface area contributed by atoms with E-state index >= 15 is 0 Å². The molecular weight excluding hydrogens is 336 g/mol. The van der Waals surface area contributed by atoms with Crippen LogP contribution in [0.5, 0.6) is 0 Å². The number of carbonyl (C=O) groups excluding carboxylic acids is 1. The molecule has 1 unspecified atom stereocenters. The van der Waals surface area contributed by atoms with Crippen molar-refractivity contribution in [1.29, 1.82) is 0 Å². The average molecular weight is 355 g/mol. The maximum absolute atomic E-state index is 12.6. The summed E-state index contributed by atoms with van der Waals surface area (Å²) < 4.78 is 25.2. The van der Waals surface area contributed by atoms with E-state index in [1.165, 1.54) is 0 Å². The van der Waals surface area contributed by atoms with Gasteiger partial charge in [0.1, 0.15) is 6.54 Å². The van der Waals surface area contributed by atoms with Crippen LogP contribution >= 0.6 is 11.6 Å². The lowest BCUT2D eigenvalue weighted by Gasteiger charge is -2.27. The van der Waals surface area contributed by atoms with E-state index in [-0.39, 0.29) is 30.0 Å². The van der Waals surface area contributed by atoms with Crippen LogP contribution in [0.1, 0.15) is 13.3 Å². The highest BCUT2D eigenvalue weighted by molar-refractivity contribution is 7.91. The number of nitrogens with zero attached hydrogens (tertiary/aromatic N) is 2. The molecule has 2 aromatic rings. The molecule has 1 aromatic heterocycles. The first kappa shape index (κ1) is 16.3. The van der Waals surface area contributed by atoms with Crippen molar-refractivity contribution in [2.75, 3.05) is 18.1 Å². The standard InChI is InChI=1S/C16H19ClN2O3S/c1-2-19(14-6-8-23(21,22)11-14)16(20)10-18-7-5-12-3-4-13(17)9-15(12)18/h3-5,7,9,14H,2,6,8,10-11H2,1H3. The van der Waals surface area contributed by atoms with Gasteiger partial charge in [-0.1, -0.05) is 17.7 Å². The predicted octanol–water partition coefficient (Wildman–Crippen LogP) is 2.33. The molecule has 1 aromatic carbocycles. The fraction of sp³-hybridized carbons (Fsp3) is 0.438. The SMILES string of the molecule is CCN(C(=O)Cn1ccc2ccc(Cl)cc21)C1CCS(=O)(=O)C1. The maximum atomic E-state index is 12.6. The average Bonchev–Trinajstić information content (AvgIpc) is 3.03. The second-order valence-corrected chi connectivity index (χ2v) is 8.55. The van der Waals surface area contributed by atoms with E-state index in [1.54, 1.807) is 4.90 Å². The Labute approximate surface area is 140 Å². The molecule has 1 atom stereocenters. The van der Waals surface area contributed by atoms with Crippen molar-refractivity contribution in [3.63, 3.8) is 0 Å². The van der Waals surface area contributed by atoms with Gasteiger partial charge in [-0.3, -0.25) is 4.79 Å². The van der Waals surface area contributed by atoms with E-state index < -0.39 is 9.84 Å². The Morgan fingerprint density at radius 3 is 2.83 bits per heavy atom. The molecule has 3 rings (SSSR count). The fourth-order valence-electron chi connectivity index (χ4n) is 3.19. The lowest BCUT2D eigenvalue weighted by molar-refractivity contribution is -0.133. The first-order valence-corrected chi connectivity index (χ1v) is 9.84. The number of hydrogen-bond acceptors (Lipinski definition) is 3. The zero-order chi connectivity index (χ0) is 16.6. The summed E-state index contributed by atoms with van der Waals surface area (Å²) in [5.41, 5.74) is 0.904. The number of amides is 1. The zero-order valence-electron chi connectivity index (χ0n) is 12.9. The van der Waals surface area contributed by atoms with Crippen molar-refractivity contribution >= 4 is 38.2 Å². The van der Waals surface area contributed by atoms with Crippen molar-refractivity contribution in [2.24, 2.45) is 0 Å². The van der Waals surface area contributed by atoms with Crippen LogP contribution in [0.25, 0.3) is 10.9 Å². The number of aromatic nitrogens is 1. The van der Waals surface area contributed by atoms with Gasteiger partial charge in [-0.25, -0.2) is 8.42 Å². The van der Waals surface area contributed by atoms with Crippen LogP contribution in [0.3, 0.4) is 0 Å². The molecule has 0 radical (unpaired) electrons. The van der Waals surface area contributed by atoms with Gasteiger partial charge in [0, 0.05) is 29.3 Å². The Morgan fingerprint density at radius 1 is 1.39 bits per heavy atom. The van der Waals surface area contributed by atoms with Crippen molar-refractivity contribution in [3.05, 3.63) is 35.5 Å². The number of benzene rings is 1. The number of rotatable bonds is 4. The molecule has 1 aliphatic heterocycles. The molecule has 0 spiro atoms. The van der Waals surface area contributed by atoms with Crippen LogP contribution in [0, 0.1) is 0 Å². The van der Waals surface area contributed by atoms with Crippen LogP contribution in [0.15, 0.2) is 30.5 Å². The minimum absolute atomic E-state index is 0.0629. The molecule has 0 N–H and O–H groups in total. The molecule has 0 bridgehead atoms. The van der Waals surface area contributed by atoms with Gasteiger partial charge in [0.15, 0.2) is 9.84 Å². The third kappa shape index (κ3) is 3.38. The minimum Gasteiger partial charge on any atom is -0.338 e. The maximum Gasteiger partial charge on any atom is 0.242 e. The molecule has 2 heterocycles. The van der Waals surface area contributed by atoms with E-state index in [1.807, 2.05) is 42.0 Å². The van der Waals surface area contributed by atoms with E-state index in [9.17, 15) is 13.2 Å². The molecule has 1 saturated heterocycles. The zero-order valence-corrected chi connectivity index (χ0v) is 14.5. The Kier molecular flexibility index (Phi) is 4.38. The second kappa shape index (κ2) is 6.17. The monoisotopic (exact) mass is 354 g/mol. The van der Waals surface area contributed by atoms with Crippen LogP contribution < -0.4 is 0 Å². The topological polar surface area (TPSA) is 59.4 Å². The third-order valence-corrected chi connectivity index (χ3v) is 6.34. The van der Waals surface area contributed by atoms with Gasteiger partial charge in [-0.15, -0.1) is 0 Å². The largest absolute Gasteiger partial charge is 0.338 e. The number of hydrogen-bond donors (Lipinski definition) is 0. The summed E-state index contributed by atoms with van der Waals surface area (Å²) >= 11 is 6.03. The normalized spacial score (nSPS) is 20.0. The van der Waals surface area contributed by atoms with Gasteiger partial charge in [0.25, 0.3) is 0 Å². The van der Waals surface area contributed by atoms with Crippen molar-refractivity contribution in [3.8, 4) is 0 Å². The number of carbonyl (C=O) groups is 1. The molecule has 0 aliphatic carbocycles. The minimum atomic E-state index is -3.00. The van der Waals surface area contributed by atoms with Crippen LogP contribution in [-0.4, -0.2) is 47.9 Å². The highest BCUT2D eigenvalue weighted by Crippen LogP contribution is 2.22. The van der Waals surface area contributed by atoms with E-state index in [0.717, 1.165) is 10.9 Å². The van der Waals surface area contributed by atoms with Crippen molar-refractivity contribution in [2.45, 2.75) is 25.9 Å². The first-order valence-electron chi connectivity index (χ1n) is 7.64. The summed E-state index contributed by atoms with van der Waals surface area (Å²) in [6.07, 6.45) is 2.39. The van der Waals surface area contributed by atoms with E-state index in [0.29, 0.717) is 18.0 Å². The molecule has 23 heavy (non-hydrogen) atoms. The molecule has 5 nitrogen and oxygen atoms in total. The first-order chi connectivity index (χ1) is 10.9. The Bertz CT molecular complexity index is 844. The van der Waals surface area contributed by atoms with Crippen LogP contribution in [-0.2, 0) is 21.2 Å². The van der Waals surface area contributed by atoms with Gasteiger partial charge in [-0.2, -0.15) is 0 Å². The van der Waals surface area contributed by atoms with Crippen molar-refractivity contribution < 1.29 is 13.2 Å². The summed E-state index contributed by atoms with van der Waals surface area (Å²) in [4.78, 5) is 14.3. The van der Waals surface area contributed by atoms with Gasteiger partial charge in [0.2, 0.25) is 5.91 Å². The van der Waals surface area contributed by atoms with Gasteiger partial charge in [-0.05, 0) is 36.9 Å². The second-order valence-electron chi connectivity index (χ2n) is 5.88. The molecule has 1 amide bonds. The Morgan fingerprint density at radius 2 is 2.17 bits per heavy atom. The molecule has 7 heteroatoms. The molecule has 124 valence electrons. The Balaban J connectivity index is 1.80. The lowest BCUT2D eigenvalue weighted by Crippen LogP contribution is -2.42. The number of halogens is 1. The molecule has 0 saturated carbocycles. The number of likely N-dealkylation sites (N-methyl/N-ethyl adjacent to an activating group) is 1. The summed E-state index contributed by atoms with van der Waals surface area (Å²) in [5.74, 6) is 0.181. The smallest absolute Gasteiger partial charge is 0.242 e. The molecule has 1 aliphatic rings. The van der Waals surface area contributed by atoms with Gasteiger partial charge in [0.05, 0.1) is 11.5 Å². The number of fused-ring (bicyclic) bond motifs is 1. The summed E-state index contributed by atoms with van der Waals surface area (Å²) in [7, 11) is -3.00. The van der Waals surface area contributed by atoms with Gasteiger partial charge < -0.3 is 9.47 Å². The van der Waals surface area contributed by atoms with Crippen LogP contribution in [0.2, 0.25) is 5.02 Å². The summed E-state index contributed by atoms with van der Waals surface area (Å²) in [5, 5.41) is 1.65. The Hall–Kier alpha value is -1.53. The van der Waals surface area contributed by atoms with Crippen LogP contribution in [0.4, 0.5) is 0 Å².